The summed E-state index contributed by atoms with van der Waals surface area (Å²) in [6, 6.07) is 4.34. The van der Waals surface area contributed by atoms with Crippen molar-refractivity contribution in [3.05, 3.63) is 22.4 Å². The van der Waals surface area contributed by atoms with E-state index in [1.54, 1.807) is 30.3 Å². The molecule has 0 aliphatic heterocycles. The molecule has 0 saturated heterocycles. The van der Waals surface area contributed by atoms with Gasteiger partial charge in [-0.05, 0) is 30.7 Å². The van der Waals surface area contributed by atoms with E-state index in [9.17, 15) is 9.00 Å². The summed E-state index contributed by atoms with van der Waals surface area (Å²) < 4.78 is 12.2. The number of likely N-dealkylation sites (N-methyl/N-ethyl adjacent to an activating group) is 1. The summed E-state index contributed by atoms with van der Waals surface area (Å²) in [5, 5.41) is 9.09. The minimum absolute atomic E-state index is 0.0316. The second-order valence-corrected chi connectivity index (χ2v) is 9.72. The van der Waals surface area contributed by atoms with Gasteiger partial charge in [0.15, 0.2) is 5.96 Å². The molecule has 3 unspecified atom stereocenters. The second-order valence-electron chi connectivity index (χ2n) is 6.69. The molecule has 1 aromatic rings. The molecule has 0 spiro atoms. The number of guanidine groups is 1. The van der Waals surface area contributed by atoms with Gasteiger partial charge in [0.2, 0.25) is 5.91 Å². The highest BCUT2D eigenvalue weighted by Gasteiger charge is 2.26. The molecule has 1 aliphatic carbocycles. The highest BCUT2D eigenvalue weighted by atomic mass is 32.2. The summed E-state index contributed by atoms with van der Waals surface area (Å²) in [6.45, 7) is 2.77. The summed E-state index contributed by atoms with van der Waals surface area (Å²) in [5.41, 5.74) is 0. The van der Waals surface area contributed by atoms with E-state index >= 15 is 0 Å². The first-order chi connectivity index (χ1) is 12.5. The lowest BCUT2D eigenvalue weighted by atomic mass is 9.95. The average Bonchev–Trinajstić information content (AvgIpc) is 3.16. The van der Waals surface area contributed by atoms with E-state index in [-0.39, 0.29) is 23.7 Å². The van der Waals surface area contributed by atoms with E-state index in [1.807, 2.05) is 18.4 Å². The number of rotatable bonds is 7. The van der Waals surface area contributed by atoms with Crippen LogP contribution >= 0.6 is 11.3 Å². The Morgan fingerprint density at radius 3 is 2.88 bits per heavy atom. The molecule has 26 heavy (non-hydrogen) atoms. The minimum Gasteiger partial charge on any atom is -0.354 e. The van der Waals surface area contributed by atoms with E-state index in [0.717, 1.165) is 25.7 Å². The van der Waals surface area contributed by atoms with E-state index in [1.165, 1.54) is 4.88 Å². The number of aliphatic imine (C=N–C) groups is 1. The zero-order valence-electron chi connectivity index (χ0n) is 15.9. The smallest absolute Gasteiger partial charge is 0.243 e. The van der Waals surface area contributed by atoms with Crippen LogP contribution in [-0.2, 0) is 22.1 Å². The van der Waals surface area contributed by atoms with Crippen LogP contribution in [-0.4, -0.2) is 58.7 Å². The van der Waals surface area contributed by atoms with Gasteiger partial charge in [-0.25, -0.2) is 4.99 Å². The Balaban J connectivity index is 1.98. The molecule has 1 heterocycles. The Hall–Kier alpha value is -1.41. The average molecular weight is 399 g/mol. The van der Waals surface area contributed by atoms with Gasteiger partial charge in [-0.2, -0.15) is 0 Å². The first-order valence-corrected chi connectivity index (χ1v) is 11.4. The molecule has 1 aromatic heterocycles. The third kappa shape index (κ3) is 6.72. The van der Waals surface area contributed by atoms with Crippen LogP contribution in [0.1, 0.15) is 37.5 Å². The van der Waals surface area contributed by atoms with Gasteiger partial charge < -0.3 is 15.5 Å². The van der Waals surface area contributed by atoms with Gasteiger partial charge in [0.05, 0.1) is 6.54 Å². The molecule has 0 bridgehead atoms. The van der Waals surface area contributed by atoms with Crippen LogP contribution in [0, 0.1) is 0 Å². The van der Waals surface area contributed by atoms with Gasteiger partial charge >= 0.3 is 0 Å². The zero-order valence-corrected chi connectivity index (χ0v) is 17.5. The lowest BCUT2D eigenvalue weighted by molar-refractivity contribution is -0.127. The van der Waals surface area contributed by atoms with Gasteiger partial charge in [-0.3, -0.25) is 9.00 Å². The van der Waals surface area contributed by atoms with Crippen LogP contribution in [0.25, 0.3) is 0 Å². The molecule has 1 saturated carbocycles. The zero-order chi connectivity index (χ0) is 18.9. The SMILES string of the molecule is CCS(=O)C1CCCC(NC(=NCC(=O)N(C)C)NCc2cccs2)C1. The Morgan fingerprint density at radius 2 is 2.23 bits per heavy atom. The molecule has 2 rings (SSSR count). The maximum absolute atomic E-state index is 12.2. The highest BCUT2D eigenvalue weighted by Crippen LogP contribution is 2.23. The van der Waals surface area contributed by atoms with Gasteiger partial charge in [-0.1, -0.05) is 19.4 Å². The predicted octanol–water partition coefficient (Wildman–Crippen LogP) is 1.95. The van der Waals surface area contributed by atoms with Crippen molar-refractivity contribution in [1.82, 2.24) is 15.5 Å². The van der Waals surface area contributed by atoms with Crippen molar-refractivity contribution < 1.29 is 9.00 Å². The number of nitrogens with one attached hydrogen (secondary N) is 2. The van der Waals surface area contributed by atoms with Gasteiger partial charge in [-0.15, -0.1) is 11.3 Å². The molecule has 146 valence electrons. The second kappa shape index (κ2) is 10.7. The number of carbonyl (C=O) groups is 1. The molecule has 0 aromatic carbocycles. The molecule has 2 N–H and O–H groups in total. The minimum atomic E-state index is -0.754. The third-order valence-electron chi connectivity index (χ3n) is 4.50. The van der Waals surface area contributed by atoms with Crippen molar-refractivity contribution in [1.29, 1.82) is 0 Å². The summed E-state index contributed by atoms with van der Waals surface area (Å²) in [7, 11) is 2.71. The fourth-order valence-electron chi connectivity index (χ4n) is 2.97. The number of hydrogen-bond acceptors (Lipinski definition) is 4. The summed E-state index contributed by atoms with van der Waals surface area (Å²) in [4.78, 5) is 19.1. The maximum atomic E-state index is 12.2. The van der Waals surface area contributed by atoms with E-state index in [4.69, 9.17) is 0 Å². The van der Waals surface area contributed by atoms with Crippen LogP contribution in [0.3, 0.4) is 0 Å². The van der Waals surface area contributed by atoms with Crippen LogP contribution in [0.2, 0.25) is 0 Å². The Morgan fingerprint density at radius 1 is 1.42 bits per heavy atom. The number of nitrogens with zero attached hydrogens (tertiary/aromatic N) is 2. The molecular weight excluding hydrogens is 368 g/mol. The standard InChI is InChI=1S/C18H30N4O2S2/c1-4-26(24)16-9-5-7-14(11-16)21-18(20-13-17(23)22(2)3)19-12-15-8-6-10-25-15/h6,8,10,14,16H,4-5,7,9,11-13H2,1-3H3,(H2,19,20,21). The van der Waals surface area contributed by atoms with Gasteiger partial charge in [0.25, 0.3) is 0 Å². The van der Waals surface area contributed by atoms with Gasteiger partial charge in [0, 0.05) is 46.8 Å². The van der Waals surface area contributed by atoms with E-state index in [0.29, 0.717) is 18.3 Å². The van der Waals surface area contributed by atoms with Crippen molar-refractivity contribution in [2.24, 2.45) is 4.99 Å². The number of carbonyl (C=O) groups excluding carboxylic acids is 1. The van der Waals surface area contributed by atoms with E-state index < -0.39 is 10.8 Å². The van der Waals surface area contributed by atoms with Crippen molar-refractivity contribution in [2.45, 2.75) is 50.4 Å². The number of thiophene rings is 1. The largest absolute Gasteiger partial charge is 0.354 e. The van der Waals surface area contributed by atoms with Crippen molar-refractivity contribution in [2.75, 3.05) is 26.4 Å². The maximum Gasteiger partial charge on any atom is 0.243 e. The first-order valence-electron chi connectivity index (χ1n) is 9.14. The summed E-state index contributed by atoms with van der Waals surface area (Å²) in [5.74, 6) is 1.34. The summed E-state index contributed by atoms with van der Waals surface area (Å²) in [6.07, 6.45) is 4.04. The van der Waals surface area contributed by atoms with Gasteiger partial charge in [0.1, 0.15) is 6.54 Å². The molecule has 8 heteroatoms. The molecule has 6 nitrogen and oxygen atoms in total. The third-order valence-corrected chi connectivity index (χ3v) is 7.12. The molecule has 1 aliphatic rings. The van der Waals surface area contributed by atoms with Crippen LogP contribution in [0.5, 0.6) is 0 Å². The fraction of sp³-hybridized carbons (Fsp3) is 0.667. The number of hydrogen-bond donors (Lipinski definition) is 2. The van der Waals surface area contributed by atoms with Crippen LogP contribution < -0.4 is 10.6 Å². The Labute approximate surface area is 162 Å². The van der Waals surface area contributed by atoms with Crippen molar-refractivity contribution >= 4 is 34.0 Å². The normalized spacial score (nSPS) is 21.9. The molecule has 1 fully saturated rings. The van der Waals surface area contributed by atoms with E-state index in [2.05, 4.69) is 21.7 Å². The van der Waals surface area contributed by atoms with Crippen LogP contribution in [0.4, 0.5) is 0 Å². The number of amides is 1. The topological polar surface area (TPSA) is 73.8 Å². The predicted molar refractivity (Wildman–Crippen MR) is 110 cm³/mol. The lowest BCUT2D eigenvalue weighted by Crippen LogP contribution is -2.46. The first kappa shape index (κ1) is 20.9. The fourth-order valence-corrected chi connectivity index (χ4v) is 4.96. The van der Waals surface area contributed by atoms with Crippen LogP contribution in [0.15, 0.2) is 22.5 Å². The quantitative estimate of drug-likeness (QED) is 0.544. The monoisotopic (exact) mass is 398 g/mol. The van der Waals surface area contributed by atoms with Crippen molar-refractivity contribution in [3.8, 4) is 0 Å². The molecule has 3 atom stereocenters. The van der Waals surface area contributed by atoms with Crippen molar-refractivity contribution in [3.63, 3.8) is 0 Å². The summed E-state index contributed by atoms with van der Waals surface area (Å²) >= 11 is 1.69. The lowest BCUT2D eigenvalue weighted by Gasteiger charge is -2.30. The molecule has 1 amide bonds. The Bertz CT molecular complexity index is 617. The Kier molecular flexibility index (Phi) is 8.58. The highest BCUT2D eigenvalue weighted by molar-refractivity contribution is 7.85. The molecule has 0 radical (unpaired) electrons. The molecular formula is C18H30N4O2S2.